The Morgan fingerprint density at radius 1 is 1.56 bits per heavy atom. The highest BCUT2D eigenvalue weighted by Crippen LogP contribution is 2.28. The van der Waals surface area contributed by atoms with E-state index in [1.165, 1.54) is 17.0 Å². The minimum absolute atomic E-state index is 0.111. The molecule has 16 heavy (non-hydrogen) atoms. The number of carbonyl (C=O) groups is 1. The van der Waals surface area contributed by atoms with Crippen LogP contribution in [0.25, 0.3) is 0 Å². The fourth-order valence-corrected chi connectivity index (χ4v) is 1.90. The standard InChI is InChI=1S/C12H11FN2O/c1-8-2-3-10(13)5-11(8)15-7-9(6-14)4-12(15)16/h2-3,5,9H,4,7H2,1H3. The topological polar surface area (TPSA) is 44.1 Å². The molecule has 0 spiro atoms. The van der Waals surface area contributed by atoms with Crippen molar-refractivity contribution < 1.29 is 9.18 Å². The van der Waals surface area contributed by atoms with Crippen LogP contribution in [0.4, 0.5) is 10.1 Å². The molecule has 1 aromatic carbocycles. The smallest absolute Gasteiger partial charge is 0.228 e. The van der Waals surface area contributed by atoms with Gasteiger partial charge in [-0.25, -0.2) is 4.39 Å². The van der Waals surface area contributed by atoms with Crippen molar-refractivity contribution in [1.82, 2.24) is 0 Å². The molecule has 4 heteroatoms. The normalized spacial score (nSPS) is 19.9. The molecule has 3 nitrogen and oxygen atoms in total. The van der Waals surface area contributed by atoms with Gasteiger partial charge < -0.3 is 4.90 Å². The maximum atomic E-state index is 13.1. The predicted octanol–water partition coefficient (Wildman–Crippen LogP) is 2.01. The van der Waals surface area contributed by atoms with Gasteiger partial charge in [0.05, 0.1) is 12.0 Å². The fraction of sp³-hybridized carbons (Fsp3) is 0.333. The largest absolute Gasteiger partial charge is 0.311 e. The second-order valence-corrected chi connectivity index (χ2v) is 3.97. The Morgan fingerprint density at radius 3 is 2.94 bits per heavy atom. The number of hydrogen-bond acceptors (Lipinski definition) is 2. The molecule has 1 aliphatic heterocycles. The number of amides is 1. The van der Waals surface area contributed by atoms with Gasteiger partial charge in [-0.15, -0.1) is 0 Å². The summed E-state index contributed by atoms with van der Waals surface area (Å²) in [5.41, 5.74) is 1.41. The maximum Gasteiger partial charge on any atom is 0.228 e. The molecule has 2 rings (SSSR count). The van der Waals surface area contributed by atoms with Gasteiger partial charge in [0.25, 0.3) is 0 Å². The third-order valence-corrected chi connectivity index (χ3v) is 2.77. The van der Waals surface area contributed by atoms with Crippen LogP contribution in [0.3, 0.4) is 0 Å². The quantitative estimate of drug-likeness (QED) is 0.723. The summed E-state index contributed by atoms with van der Waals surface area (Å²) in [5.74, 6) is -0.760. The van der Waals surface area contributed by atoms with Gasteiger partial charge in [0.1, 0.15) is 5.82 Å². The lowest BCUT2D eigenvalue weighted by atomic mass is 10.1. The van der Waals surface area contributed by atoms with Gasteiger partial charge in [0.15, 0.2) is 0 Å². The van der Waals surface area contributed by atoms with Crippen molar-refractivity contribution in [3.05, 3.63) is 29.6 Å². The zero-order valence-electron chi connectivity index (χ0n) is 8.90. The van der Waals surface area contributed by atoms with E-state index in [0.29, 0.717) is 12.2 Å². The van der Waals surface area contributed by atoms with Crippen LogP contribution in [0.1, 0.15) is 12.0 Å². The molecule has 1 aliphatic rings. The van der Waals surface area contributed by atoms with Gasteiger partial charge in [0.2, 0.25) is 5.91 Å². The average molecular weight is 218 g/mol. The number of halogens is 1. The van der Waals surface area contributed by atoms with Crippen LogP contribution in [0.2, 0.25) is 0 Å². The van der Waals surface area contributed by atoms with E-state index in [2.05, 4.69) is 6.07 Å². The van der Waals surface area contributed by atoms with Crippen molar-refractivity contribution in [2.75, 3.05) is 11.4 Å². The number of hydrogen-bond donors (Lipinski definition) is 0. The van der Waals surface area contributed by atoms with E-state index in [1.54, 1.807) is 6.07 Å². The molecule has 0 N–H and O–H groups in total. The van der Waals surface area contributed by atoms with Gasteiger partial charge in [-0.05, 0) is 24.6 Å². The lowest BCUT2D eigenvalue weighted by Gasteiger charge is -2.18. The first-order valence-electron chi connectivity index (χ1n) is 5.08. The number of benzene rings is 1. The van der Waals surface area contributed by atoms with E-state index in [4.69, 9.17) is 5.26 Å². The van der Waals surface area contributed by atoms with Crippen molar-refractivity contribution in [3.8, 4) is 6.07 Å². The molecule has 82 valence electrons. The van der Waals surface area contributed by atoms with Crippen LogP contribution >= 0.6 is 0 Å². The summed E-state index contributed by atoms with van der Waals surface area (Å²) >= 11 is 0. The van der Waals surface area contributed by atoms with E-state index in [1.807, 2.05) is 6.92 Å². The summed E-state index contributed by atoms with van der Waals surface area (Å²) in [4.78, 5) is 13.2. The molecule has 0 aliphatic carbocycles. The Kier molecular flexibility index (Phi) is 2.61. The minimum Gasteiger partial charge on any atom is -0.311 e. The summed E-state index contributed by atoms with van der Waals surface area (Å²) in [6.45, 7) is 2.18. The summed E-state index contributed by atoms with van der Waals surface area (Å²) < 4.78 is 13.1. The molecular formula is C12H11FN2O. The predicted molar refractivity (Wildman–Crippen MR) is 57.2 cm³/mol. The number of nitrogens with zero attached hydrogens (tertiary/aromatic N) is 2. The van der Waals surface area contributed by atoms with Crippen LogP contribution in [-0.4, -0.2) is 12.5 Å². The molecule has 0 aromatic heterocycles. The molecule has 0 bridgehead atoms. The van der Waals surface area contributed by atoms with E-state index < -0.39 is 0 Å². The van der Waals surface area contributed by atoms with E-state index in [-0.39, 0.29) is 24.1 Å². The van der Waals surface area contributed by atoms with Crippen LogP contribution in [-0.2, 0) is 4.79 Å². The van der Waals surface area contributed by atoms with Crippen LogP contribution in [0.15, 0.2) is 18.2 Å². The highest BCUT2D eigenvalue weighted by molar-refractivity contribution is 5.96. The van der Waals surface area contributed by atoms with Gasteiger partial charge in [0, 0.05) is 18.7 Å². The van der Waals surface area contributed by atoms with Crippen molar-refractivity contribution in [3.63, 3.8) is 0 Å². The van der Waals surface area contributed by atoms with Gasteiger partial charge >= 0.3 is 0 Å². The van der Waals surface area contributed by atoms with Crippen molar-refractivity contribution in [1.29, 1.82) is 5.26 Å². The summed E-state index contributed by atoms with van der Waals surface area (Å²) in [7, 11) is 0. The summed E-state index contributed by atoms with van der Waals surface area (Å²) in [5, 5.41) is 8.77. The number of rotatable bonds is 1. The van der Waals surface area contributed by atoms with Gasteiger partial charge in [-0.2, -0.15) is 5.26 Å². The van der Waals surface area contributed by atoms with Gasteiger partial charge in [-0.3, -0.25) is 4.79 Å². The number of anilines is 1. The maximum absolute atomic E-state index is 13.1. The van der Waals surface area contributed by atoms with Crippen molar-refractivity contribution in [2.24, 2.45) is 5.92 Å². The Balaban J connectivity index is 2.35. The Bertz CT molecular complexity index is 478. The minimum atomic E-state index is -0.367. The second-order valence-electron chi connectivity index (χ2n) is 3.97. The summed E-state index contributed by atoms with van der Waals surface area (Å²) in [6, 6.07) is 6.41. The number of nitriles is 1. The highest BCUT2D eigenvalue weighted by Gasteiger charge is 2.31. The zero-order chi connectivity index (χ0) is 11.7. The van der Waals surface area contributed by atoms with E-state index >= 15 is 0 Å². The molecule has 1 fully saturated rings. The molecule has 1 saturated heterocycles. The monoisotopic (exact) mass is 218 g/mol. The first kappa shape index (κ1) is 10.6. The molecule has 1 unspecified atom stereocenters. The van der Waals surface area contributed by atoms with Crippen LogP contribution in [0.5, 0.6) is 0 Å². The SMILES string of the molecule is Cc1ccc(F)cc1N1CC(C#N)CC1=O. The van der Waals surface area contributed by atoms with Crippen molar-refractivity contribution in [2.45, 2.75) is 13.3 Å². The number of carbonyl (C=O) groups excluding carboxylic acids is 1. The highest BCUT2D eigenvalue weighted by atomic mass is 19.1. The van der Waals surface area contributed by atoms with Crippen LogP contribution < -0.4 is 4.90 Å². The Hall–Kier alpha value is -1.89. The Labute approximate surface area is 93.1 Å². The lowest BCUT2D eigenvalue weighted by molar-refractivity contribution is -0.117. The molecule has 1 aromatic rings. The van der Waals surface area contributed by atoms with Gasteiger partial charge in [-0.1, -0.05) is 6.07 Å². The first-order chi connectivity index (χ1) is 7.61. The second kappa shape index (κ2) is 3.93. The first-order valence-corrected chi connectivity index (χ1v) is 5.08. The van der Waals surface area contributed by atoms with E-state index in [0.717, 1.165) is 5.56 Å². The van der Waals surface area contributed by atoms with E-state index in [9.17, 15) is 9.18 Å². The molecule has 1 heterocycles. The third kappa shape index (κ3) is 1.76. The lowest BCUT2D eigenvalue weighted by Crippen LogP contribution is -2.25. The Morgan fingerprint density at radius 2 is 2.31 bits per heavy atom. The van der Waals surface area contributed by atoms with Crippen molar-refractivity contribution >= 4 is 11.6 Å². The molecule has 1 amide bonds. The molecule has 0 radical (unpaired) electrons. The molecule has 1 atom stereocenters. The van der Waals surface area contributed by atoms with Crippen LogP contribution in [0, 0.1) is 30.0 Å². The average Bonchev–Trinajstić information content (AvgIpc) is 2.63. The molecule has 0 saturated carbocycles. The zero-order valence-corrected chi connectivity index (χ0v) is 8.90. The summed E-state index contributed by atoms with van der Waals surface area (Å²) in [6.07, 6.45) is 0.229. The third-order valence-electron chi connectivity index (χ3n) is 2.77. The number of aryl methyl sites for hydroxylation is 1. The molecular weight excluding hydrogens is 207 g/mol. The fourth-order valence-electron chi connectivity index (χ4n) is 1.90.